The van der Waals surface area contributed by atoms with Gasteiger partial charge in [0.25, 0.3) is 10.0 Å². The lowest BCUT2D eigenvalue weighted by Crippen LogP contribution is -2.30. The summed E-state index contributed by atoms with van der Waals surface area (Å²) < 4.78 is 32.0. The second-order valence-electron chi connectivity index (χ2n) is 11.1. The standard InChI is InChI=1S/C38H24N4O2S/c43-45(44)36-22-12-9-18-28(36)31-23-34-30(24-35(31)42(45)26-15-5-2-6-16-26)27-17-8-11-21-33(27)41(34)38-39-32-20-10-7-19-29(32)37(40-38)25-13-3-1-4-14-25/h1-24H. The Kier molecular flexibility index (Phi) is 5.48. The fraction of sp³-hybridized carbons (Fsp3) is 0. The van der Waals surface area contributed by atoms with Crippen molar-refractivity contribution in [3.63, 3.8) is 0 Å². The van der Waals surface area contributed by atoms with Crippen molar-refractivity contribution in [3.05, 3.63) is 146 Å². The van der Waals surface area contributed by atoms with Crippen molar-refractivity contribution in [3.8, 4) is 28.3 Å². The smallest absolute Gasteiger partial charge is 0.269 e. The number of benzene rings is 6. The predicted molar refractivity (Wildman–Crippen MR) is 181 cm³/mol. The molecule has 0 aliphatic carbocycles. The van der Waals surface area contributed by atoms with Gasteiger partial charge in [-0.15, -0.1) is 0 Å². The minimum absolute atomic E-state index is 0.275. The Morgan fingerprint density at radius 2 is 1.20 bits per heavy atom. The van der Waals surface area contributed by atoms with Crippen molar-refractivity contribution in [1.29, 1.82) is 0 Å². The molecule has 2 aromatic heterocycles. The number of hydrogen-bond donors (Lipinski definition) is 0. The van der Waals surface area contributed by atoms with Crippen LogP contribution in [0, 0.1) is 0 Å². The van der Waals surface area contributed by atoms with Gasteiger partial charge in [0.1, 0.15) is 0 Å². The molecule has 7 heteroatoms. The Morgan fingerprint density at radius 1 is 0.533 bits per heavy atom. The van der Waals surface area contributed by atoms with Gasteiger partial charge in [0.05, 0.1) is 38.5 Å². The van der Waals surface area contributed by atoms with E-state index in [0.717, 1.165) is 49.5 Å². The van der Waals surface area contributed by atoms with Crippen LogP contribution in [-0.2, 0) is 10.0 Å². The van der Waals surface area contributed by atoms with E-state index in [9.17, 15) is 8.42 Å². The molecule has 8 aromatic rings. The molecule has 214 valence electrons. The summed E-state index contributed by atoms with van der Waals surface area (Å²) in [4.78, 5) is 10.6. The number of nitrogens with zero attached hydrogens (tertiary/aromatic N) is 4. The maximum Gasteiger partial charge on any atom is 0.269 e. The first kappa shape index (κ1) is 25.7. The highest BCUT2D eigenvalue weighted by Crippen LogP contribution is 2.49. The molecule has 6 nitrogen and oxygen atoms in total. The fourth-order valence-electron chi connectivity index (χ4n) is 6.57. The number of aromatic nitrogens is 3. The number of rotatable bonds is 3. The molecule has 0 saturated heterocycles. The summed E-state index contributed by atoms with van der Waals surface area (Å²) in [6.45, 7) is 0. The molecule has 6 aromatic carbocycles. The maximum absolute atomic E-state index is 14.2. The molecule has 9 rings (SSSR count). The quantitative estimate of drug-likeness (QED) is 0.203. The van der Waals surface area contributed by atoms with Crippen LogP contribution < -0.4 is 4.31 Å². The summed E-state index contributed by atoms with van der Waals surface area (Å²) in [6, 6.07) is 47.0. The van der Waals surface area contributed by atoms with E-state index < -0.39 is 10.0 Å². The molecular weight excluding hydrogens is 577 g/mol. The van der Waals surface area contributed by atoms with E-state index in [1.54, 1.807) is 12.1 Å². The summed E-state index contributed by atoms with van der Waals surface area (Å²) in [7, 11) is -3.88. The van der Waals surface area contributed by atoms with Gasteiger partial charge in [-0.25, -0.2) is 22.7 Å². The van der Waals surface area contributed by atoms with Gasteiger partial charge in [-0.05, 0) is 42.5 Å². The van der Waals surface area contributed by atoms with Gasteiger partial charge in [0.2, 0.25) is 5.95 Å². The minimum Gasteiger partial charge on any atom is -0.278 e. The summed E-state index contributed by atoms with van der Waals surface area (Å²) in [5, 5.41) is 2.87. The van der Waals surface area contributed by atoms with Gasteiger partial charge in [-0.1, -0.05) is 103 Å². The third-order valence-electron chi connectivity index (χ3n) is 8.53. The fourth-order valence-corrected chi connectivity index (χ4v) is 8.28. The lowest BCUT2D eigenvalue weighted by atomic mass is 10.00. The Hall–Kier alpha value is -5.79. The highest BCUT2D eigenvalue weighted by molar-refractivity contribution is 7.93. The molecule has 0 bridgehead atoms. The summed E-state index contributed by atoms with van der Waals surface area (Å²) >= 11 is 0. The third-order valence-corrected chi connectivity index (χ3v) is 10.3. The third kappa shape index (κ3) is 3.77. The van der Waals surface area contributed by atoms with E-state index in [1.807, 2.05) is 97.1 Å². The number of para-hydroxylation sites is 3. The number of anilines is 2. The van der Waals surface area contributed by atoms with E-state index >= 15 is 0 Å². The van der Waals surface area contributed by atoms with E-state index in [4.69, 9.17) is 9.97 Å². The second kappa shape index (κ2) is 9.61. The molecule has 0 N–H and O–H groups in total. The van der Waals surface area contributed by atoms with Crippen LogP contribution in [0.2, 0.25) is 0 Å². The number of hydrogen-bond acceptors (Lipinski definition) is 4. The molecule has 0 radical (unpaired) electrons. The molecule has 0 atom stereocenters. The van der Waals surface area contributed by atoms with Crippen molar-refractivity contribution in [2.45, 2.75) is 4.90 Å². The SMILES string of the molecule is O=S1(=O)c2ccccc2-c2cc3c(cc2N1c1ccccc1)c1ccccc1n3-c1nc(-c2ccccc2)c2ccccc2n1. The summed E-state index contributed by atoms with van der Waals surface area (Å²) in [5.41, 5.74) is 7.23. The number of fused-ring (bicyclic) bond motifs is 7. The Balaban J connectivity index is 1.40. The normalized spacial score (nSPS) is 13.6. The zero-order chi connectivity index (χ0) is 30.1. The lowest BCUT2D eigenvalue weighted by Gasteiger charge is -2.32. The molecule has 1 aliphatic rings. The van der Waals surface area contributed by atoms with Gasteiger partial charge in [0.15, 0.2) is 0 Å². The maximum atomic E-state index is 14.2. The minimum atomic E-state index is -3.88. The molecule has 0 amide bonds. The molecule has 3 heterocycles. The van der Waals surface area contributed by atoms with Crippen molar-refractivity contribution in [1.82, 2.24) is 14.5 Å². The average molecular weight is 601 g/mol. The van der Waals surface area contributed by atoms with Crippen LogP contribution in [0.25, 0.3) is 61.0 Å². The van der Waals surface area contributed by atoms with E-state index in [2.05, 4.69) is 41.0 Å². The first-order valence-corrected chi connectivity index (χ1v) is 16.1. The first-order valence-electron chi connectivity index (χ1n) is 14.7. The molecule has 0 spiro atoms. The van der Waals surface area contributed by atoms with E-state index in [1.165, 1.54) is 4.31 Å². The monoisotopic (exact) mass is 600 g/mol. The highest BCUT2D eigenvalue weighted by Gasteiger charge is 2.36. The Bertz CT molecular complexity index is 2560. The van der Waals surface area contributed by atoms with Crippen LogP contribution in [0.5, 0.6) is 0 Å². The Labute approximate surface area is 259 Å². The van der Waals surface area contributed by atoms with Crippen molar-refractivity contribution in [2.24, 2.45) is 0 Å². The number of sulfonamides is 1. The molecular formula is C38H24N4O2S. The van der Waals surface area contributed by atoms with Crippen LogP contribution in [0.4, 0.5) is 11.4 Å². The predicted octanol–water partition coefficient (Wildman–Crippen LogP) is 8.90. The molecule has 45 heavy (non-hydrogen) atoms. The molecule has 0 fully saturated rings. The molecule has 1 aliphatic heterocycles. The van der Waals surface area contributed by atoms with Crippen LogP contribution in [0.15, 0.2) is 150 Å². The summed E-state index contributed by atoms with van der Waals surface area (Å²) in [6.07, 6.45) is 0. The van der Waals surface area contributed by atoms with Crippen LogP contribution in [0.1, 0.15) is 0 Å². The topological polar surface area (TPSA) is 68.1 Å². The van der Waals surface area contributed by atoms with Gasteiger partial charge in [-0.3, -0.25) is 4.57 Å². The van der Waals surface area contributed by atoms with Crippen LogP contribution >= 0.6 is 0 Å². The van der Waals surface area contributed by atoms with Crippen LogP contribution in [0.3, 0.4) is 0 Å². The highest BCUT2D eigenvalue weighted by atomic mass is 32.2. The summed E-state index contributed by atoms with van der Waals surface area (Å²) in [5.74, 6) is 0.551. The Morgan fingerprint density at radius 3 is 2.02 bits per heavy atom. The molecule has 0 unspecified atom stereocenters. The van der Waals surface area contributed by atoms with Gasteiger partial charge in [-0.2, -0.15) is 0 Å². The van der Waals surface area contributed by atoms with E-state index in [0.29, 0.717) is 22.9 Å². The zero-order valence-corrected chi connectivity index (χ0v) is 24.7. The van der Waals surface area contributed by atoms with Crippen LogP contribution in [-0.4, -0.2) is 23.0 Å². The van der Waals surface area contributed by atoms with E-state index in [-0.39, 0.29) is 4.90 Å². The van der Waals surface area contributed by atoms with Crippen molar-refractivity contribution in [2.75, 3.05) is 4.31 Å². The lowest BCUT2D eigenvalue weighted by molar-refractivity contribution is 0.596. The second-order valence-corrected chi connectivity index (χ2v) is 12.9. The average Bonchev–Trinajstić information content (AvgIpc) is 3.41. The van der Waals surface area contributed by atoms with Gasteiger partial charge >= 0.3 is 0 Å². The van der Waals surface area contributed by atoms with Crippen molar-refractivity contribution >= 4 is 54.1 Å². The van der Waals surface area contributed by atoms with Gasteiger partial charge in [0, 0.05) is 32.8 Å². The zero-order valence-electron chi connectivity index (χ0n) is 23.9. The van der Waals surface area contributed by atoms with Gasteiger partial charge < -0.3 is 0 Å². The first-order chi connectivity index (χ1) is 22.1. The van der Waals surface area contributed by atoms with Crippen molar-refractivity contribution < 1.29 is 8.42 Å². The largest absolute Gasteiger partial charge is 0.278 e. The molecule has 0 saturated carbocycles.